The fourth-order valence-electron chi connectivity index (χ4n) is 3.24. The first kappa shape index (κ1) is 13.8. The van der Waals surface area contributed by atoms with Gasteiger partial charge in [0, 0.05) is 25.7 Å². The highest BCUT2D eigenvalue weighted by atomic mass is 16.2. The fourth-order valence-corrected chi connectivity index (χ4v) is 3.24. The lowest BCUT2D eigenvalue weighted by Crippen LogP contribution is -2.47. The lowest BCUT2D eigenvalue weighted by molar-refractivity contribution is -0.138. The van der Waals surface area contributed by atoms with Crippen LogP contribution in [0.2, 0.25) is 0 Å². The number of rotatable bonds is 2. The van der Waals surface area contributed by atoms with Crippen LogP contribution in [0.25, 0.3) is 0 Å². The predicted octanol–water partition coefficient (Wildman–Crippen LogP) is 0.785. The smallest absolute Gasteiger partial charge is 0.227 e. The molecular weight excluding hydrogens is 226 g/mol. The van der Waals surface area contributed by atoms with E-state index in [1.54, 1.807) is 0 Å². The first-order chi connectivity index (χ1) is 8.63. The SMILES string of the molecule is CCC1CN(C)CCCN1C(=O)C1CNCC1C. The lowest BCUT2D eigenvalue weighted by Gasteiger charge is -2.33. The molecule has 0 aromatic carbocycles. The number of carbonyl (C=O) groups is 1. The summed E-state index contributed by atoms with van der Waals surface area (Å²) in [5, 5.41) is 3.34. The average molecular weight is 253 g/mol. The zero-order valence-corrected chi connectivity index (χ0v) is 12.0. The number of nitrogens with one attached hydrogen (secondary N) is 1. The summed E-state index contributed by atoms with van der Waals surface area (Å²) >= 11 is 0. The minimum atomic E-state index is 0.197. The van der Waals surface area contributed by atoms with Crippen LogP contribution in [-0.2, 0) is 4.79 Å². The summed E-state index contributed by atoms with van der Waals surface area (Å²) in [5.74, 6) is 1.06. The van der Waals surface area contributed by atoms with E-state index in [2.05, 4.69) is 36.0 Å². The van der Waals surface area contributed by atoms with Gasteiger partial charge in [0.15, 0.2) is 0 Å². The summed E-state index contributed by atoms with van der Waals surface area (Å²) < 4.78 is 0. The molecule has 104 valence electrons. The molecule has 0 bridgehead atoms. The monoisotopic (exact) mass is 253 g/mol. The molecule has 2 aliphatic rings. The van der Waals surface area contributed by atoms with Crippen LogP contribution in [0, 0.1) is 11.8 Å². The van der Waals surface area contributed by atoms with Gasteiger partial charge in [-0.15, -0.1) is 0 Å². The van der Waals surface area contributed by atoms with E-state index >= 15 is 0 Å². The lowest BCUT2D eigenvalue weighted by atomic mass is 9.95. The summed E-state index contributed by atoms with van der Waals surface area (Å²) in [4.78, 5) is 17.2. The summed E-state index contributed by atoms with van der Waals surface area (Å²) in [6.07, 6.45) is 2.16. The van der Waals surface area contributed by atoms with E-state index in [1.165, 1.54) is 0 Å². The molecule has 18 heavy (non-hydrogen) atoms. The topological polar surface area (TPSA) is 35.6 Å². The van der Waals surface area contributed by atoms with Crippen molar-refractivity contribution < 1.29 is 4.79 Å². The largest absolute Gasteiger partial charge is 0.338 e. The normalized spacial score (nSPS) is 34.6. The molecule has 3 atom stereocenters. The fraction of sp³-hybridized carbons (Fsp3) is 0.929. The van der Waals surface area contributed by atoms with Crippen LogP contribution in [0.5, 0.6) is 0 Å². The van der Waals surface area contributed by atoms with Crippen molar-refractivity contribution >= 4 is 5.91 Å². The second-order valence-electron chi connectivity index (χ2n) is 5.95. The third-order valence-electron chi connectivity index (χ3n) is 4.49. The zero-order chi connectivity index (χ0) is 13.1. The Morgan fingerprint density at radius 2 is 2.11 bits per heavy atom. The Morgan fingerprint density at radius 3 is 2.72 bits per heavy atom. The molecule has 0 aliphatic carbocycles. The summed E-state index contributed by atoms with van der Waals surface area (Å²) in [7, 11) is 2.16. The zero-order valence-electron chi connectivity index (χ0n) is 12.0. The predicted molar refractivity (Wildman–Crippen MR) is 73.4 cm³/mol. The van der Waals surface area contributed by atoms with E-state index in [9.17, 15) is 4.79 Å². The van der Waals surface area contributed by atoms with Gasteiger partial charge in [0.1, 0.15) is 0 Å². The Balaban J connectivity index is 2.06. The van der Waals surface area contributed by atoms with Crippen LogP contribution in [0.3, 0.4) is 0 Å². The van der Waals surface area contributed by atoms with Gasteiger partial charge >= 0.3 is 0 Å². The van der Waals surface area contributed by atoms with E-state index in [1.807, 2.05) is 0 Å². The van der Waals surface area contributed by atoms with Gasteiger partial charge in [-0.3, -0.25) is 4.79 Å². The average Bonchev–Trinajstić information content (AvgIpc) is 2.68. The molecule has 0 spiro atoms. The van der Waals surface area contributed by atoms with E-state index in [0.717, 1.165) is 45.6 Å². The number of hydrogen-bond acceptors (Lipinski definition) is 3. The Hall–Kier alpha value is -0.610. The van der Waals surface area contributed by atoms with Crippen molar-refractivity contribution in [3.63, 3.8) is 0 Å². The first-order valence-electron chi connectivity index (χ1n) is 7.33. The van der Waals surface area contributed by atoms with E-state index in [4.69, 9.17) is 0 Å². The molecule has 2 rings (SSSR count). The maximum absolute atomic E-state index is 12.7. The van der Waals surface area contributed by atoms with Crippen LogP contribution in [-0.4, -0.2) is 61.5 Å². The van der Waals surface area contributed by atoms with Crippen LogP contribution in [0.4, 0.5) is 0 Å². The minimum Gasteiger partial charge on any atom is -0.338 e. The Bertz CT molecular complexity index is 295. The summed E-state index contributed by atoms with van der Waals surface area (Å²) in [5.41, 5.74) is 0. The molecule has 0 radical (unpaired) electrons. The van der Waals surface area contributed by atoms with Gasteiger partial charge in [0.2, 0.25) is 5.91 Å². The highest BCUT2D eigenvalue weighted by molar-refractivity contribution is 5.80. The second-order valence-corrected chi connectivity index (χ2v) is 5.95. The van der Waals surface area contributed by atoms with Crippen molar-refractivity contribution in [1.29, 1.82) is 0 Å². The minimum absolute atomic E-state index is 0.197. The van der Waals surface area contributed by atoms with Crippen molar-refractivity contribution in [3.05, 3.63) is 0 Å². The number of nitrogens with zero attached hydrogens (tertiary/aromatic N) is 2. The Morgan fingerprint density at radius 1 is 1.33 bits per heavy atom. The molecule has 1 amide bonds. The van der Waals surface area contributed by atoms with Crippen LogP contribution >= 0.6 is 0 Å². The highest BCUT2D eigenvalue weighted by Crippen LogP contribution is 2.22. The molecule has 2 aliphatic heterocycles. The molecule has 4 nitrogen and oxygen atoms in total. The third-order valence-corrected chi connectivity index (χ3v) is 4.49. The van der Waals surface area contributed by atoms with Crippen LogP contribution in [0.1, 0.15) is 26.7 Å². The van der Waals surface area contributed by atoms with Crippen molar-refractivity contribution in [2.24, 2.45) is 11.8 Å². The molecule has 2 heterocycles. The number of hydrogen-bond donors (Lipinski definition) is 1. The number of likely N-dealkylation sites (N-methyl/N-ethyl adjacent to an activating group) is 1. The van der Waals surface area contributed by atoms with Gasteiger partial charge in [0.25, 0.3) is 0 Å². The second kappa shape index (κ2) is 6.02. The van der Waals surface area contributed by atoms with Crippen molar-refractivity contribution in [2.75, 3.05) is 39.8 Å². The Kier molecular flexibility index (Phi) is 4.62. The first-order valence-corrected chi connectivity index (χ1v) is 7.33. The molecule has 4 heteroatoms. The van der Waals surface area contributed by atoms with Gasteiger partial charge in [-0.1, -0.05) is 13.8 Å². The van der Waals surface area contributed by atoms with Crippen LogP contribution < -0.4 is 5.32 Å². The van der Waals surface area contributed by atoms with E-state index in [-0.39, 0.29) is 5.92 Å². The van der Waals surface area contributed by atoms with Crippen molar-refractivity contribution in [2.45, 2.75) is 32.7 Å². The summed E-state index contributed by atoms with van der Waals surface area (Å²) in [6.45, 7) is 9.30. The molecule has 0 saturated carbocycles. The van der Waals surface area contributed by atoms with Gasteiger partial charge in [-0.25, -0.2) is 0 Å². The molecular formula is C14H27N3O. The van der Waals surface area contributed by atoms with Gasteiger partial charge in [0.05, 0.1) is 5.92 Å². The molecule has 2 saturated heterocycles. The maximum Gasteiger partial charge on any atom is 0.227 e. The van der Waals surface area contributed by atoms with Gasteiger partial charge < -0.3 is 15.1 Å². The van der Waals surface area contributed by atoms with Crippen molar-refractivity contribution in [1.82, 2.24) is 15.1 Å². The highest BCUT2D eigenvalue weighted by Gasteiger charge is 2.35. The Labute approximate surface area is 111 Å². The molecule has 1 N–H and O–H groups in total. The standard InChI is InChI=1S/C14H27N3O/c1-4-12-10-16(3)6-5-7-17(12)14(18)13-9-15-8-11(13)2/h11-13,15H,4-10H2,1-3H3. The molecule has 0 aromatic rings. The number of amides is 1. The van der Waals surface area contributed by atoms with Gasteiger partial charge in [-0.2, -0.15) is 0 Å². The van der Waals surface area contributed by atoms with Gasteiger partial charge in [-0.05, 0) is 38.9 Å². The molecule has 0 aromatic heterocycles. The number of carbonyl (C=O) groups excluding carboxylic acids is 1. The molecule has 2 fully saturated rings. The molecule has 3 unspecified atom stereocenters. The summed E-state index contributed by atoms with van der Waals surface area (Å²) in [6, 6.07) is 0.401. The quantitative estimate of drug-likeness (QED) is 0.790. The van der Waals surface area contributed by atoms with E-state index in [0.29, 0.717) is 17.9 Å². The van der Waals surface area contributed by atoms with Crippen molar-refractivity contribution in [3.8, 4) is 0 Å². The van der Waals surface area contributed by atoms with E-state index < -0.39 is 0 Å². The maximum atomic E-state index is 12.7. The third kappa shape index (κ3) is 2.86. The van der Waals surface area contributed by atoms with Crippen LogP contribution in [0.15, 0.2) is 0 Å².